The zero-order chi connectivity index (χ0) is 14.1. The van der Waals surface area contributed by atoms with E-state index in [9.17, 15) is 4.79 Å². The number of thiophene rings is 1. The molecule has 0 atom stereocenters. The molecule has 0 spiro atoms. The maximum atomic E-state index is 12.2. The molecule has 5 heteroatoms. The number of benzene rings is 2. The number of hydrogen-bond donors (Lipinski definition) is 1. The molecule has 1 N–H and O–H groups in total. The second-order valence-corrected chi connectivity index (χ2v) is 6.47. The van der Waals surface area contributed by atoms with Gasteiger partial charge in [0.05, 0.1) is 5.02 Å². The van der Waals surface area contributed by atoms with E-state index in [4.69, 9.17) is 11.6 Å². The van der Waals surface area contributed by atoms with E-state index >= 15 is 0 Å². The lowest BCUT2D eigenvalue weighted by Gasteiger charge is -2.06. The molecule has 0 saturated heterocycles. The summed E-state index contributed by atoms with van der Waals surface area (Å²) in [6, 6.07) is 13.0. The van der Waals surface area contributed by atoms with Crippen molar-refractivity contribution in [2.75, 3.05) is 5.32 Å². The van der Waals surface area contributed by atoms with Crippen molar-refractivity contribution in [2.24, 2.45) is 0 Å². The third-order valence-electron chi connectivity index (χ3n) is 2.89. The highest BCUT2D eigenvalue weighted by atomic mass is 79.9. The molecule has 1 heterocycles. The van der Waals surface area contributed by atoms with Gasteiger partial charge in [0.1, 0.15) is 0 Å². The first-order valence-corrected chi connectivity index (χ1v) is 7.92. The minimum atomic E-state index is -0.172. The molecular weight excluding hydrogens is 358 g/mol. The number of nitrogens with one attached hydrogen (secondary N) is 1. The van der Waals surface area contributed by atoms with Crippen LogP contribution >= 0.6 is 38.9 Å². The lowest BCUT2D eigenvalue weighted by Crippen LogP contribution is -2.11. The molecule has 3 rings (SSSR count). The quantitative estimate of drug-likeness (QED) is 0.631. The average Bonchev–Trinajstić information content (AvgIpc) is 2.89. The molecule has 2 aromatic carbocycles. The van der Waals surface area contributed by atoms with Crippen molar-refractivity contribution >= 4 is 60.5 Å². The van der Waals surface area contributed by atoms with Crippen molar-refractivity contribution in [3.05, 3.63) is 62.9 Å². The van der Waals surface area contributed by atoms with Crippen LogP contribution in [0.4, 0.5) is 5.69 Å². The number of hydrogen-bond acceptors (Lipinski definition) is 2. The van der Waals surface area contributed by atoms with Crippen LogP contribution in [-0.4, -0.2) is 5.91 Å². The maximum Gasteiger partial charge on any atom is 0.255 e. The van der Waals surface area contributed by atoms with Crippen LogP contribution in [0.3, 0.4) is 0 Å². The third kappa shape index (κ3) is 2.73. The number of amides is 1. The molecule has 0 aliphatic rings. The zero-order valence-corrected chi connectivity index (χ0v) is 13.3. The monoisotopic (exact) mass is 365 g/mol. The van der Waals surface area contributed by atoms with Crippen molar-refractivity contribution < 1.29 is 4.79 Å². The highest BCUT2D eigenvalue weighted by Gasteiger charge is 2.08. The molecule has 0 fully saturated rings. The van der Waals surface area contributed by atoms with Gasteiger partial charge < -0.3 is 5.32 Å². The van der Waals surface area contributed by atoms with Crippen molar-refractivity contribution in [1.82, 2.24) is 0 Å². The van der Waals surface area contributed by atoms with Crippen LogP contribution in [0, 0.1) is 0 Å². The minimum absolute atomic E-state index is 0.172. The van der Waals surface area contributed by atoms with Crippen LogP contribution in [0.2, 0.25) is 5.02 Å². The van der Waals surface area contributed by atoms with Gasteiger partial charge >= 0.3 is 0 Å². The van der Waals surface area contributed by atoms with Gasteiger partial charge in [-0.05, 0) is 69.2 Å². The summed E-state index contributed by atoms with van der Waals surface area (Å²) in [5.74, 6) is -0.172. The van der Waals surface area contributed by atoms with Crippen molar-refractivity contribution in [3.63, 3.8) is 0 Å². The number of anilines is 1. The van der Waals surface area contributed by atoms with Gasteiger partial charge in [-0.2, -0.15) is 0 Å². The lowest BCUT2D eigenvalue weighted by molar-refractivity contribution is 0.102. The van der Waals surface area contributed by atoms with Crippen LogP contribution in [0.1, 0.15) is 10.4 Å². The Balaban J connectivity index is 1.85. The molecule has 0 aliphatic heterocycles. The molecule has 0 saturated carbocycles. The van der Waals surface area contributed by atoms with E-state index in [-0.39, 0.29) is 5.91 Å². The molecule has 0 bridgehead atoms. The van der Waals surface area contributed by atoms with Gasteiger partial charge in [-0.3, -0.25) is 4.79 Å². The van der Waals surface area contributed by atoms with Gasteiger partial charge in [0.25, 0.3) is 5.91 Å². The van der Waals surface area contributed by atoms with Gasteiger partial charge in [0.15, 0.2) is 0 Å². The Labute approximate surface area is 133 Å². The van der Waals surface area contributed by atoms with Crippen LogP contribution in [-0.2, 0) is 0 Å². The summed E-state index contributed by atoms with van der Waals surface area (Å²) in [6.45, 7) is 0. The number of fused-ring (bicyclic) bond motifs is 1. The predicted octanol–water partition coefficient (Wildman–Crippen LogP) is 5.57. The number of carbonyl (C=O) groups is 1. The SMILES string of the molecule is O=C(Nc1ccc2sccc2c1)c1ccc(Br)c(Cl)c1. The Bertz CT molecular complexity index is 799. The first kappa shape index (κ1) is 13.6. The summed E-state index contributed by atoms with van der Waals surface area (Å²) in [5, 5.41) is 6.56. The Morgan fingerprint density at radius 3 is 2.80 bits per heavy atom. The highest BCUT2D eigenvalue weighted by Crippen LogP contribution is 2.26. The van der Waals surface area contributed by atoms with Gasteiger partial charge in [0, 0.05) is 20.4 Å². The van der Waals surface area contributed by atoms with Gasteiger partial charge in [-0.1, -0.05) is 11.6 Å². The van der Waals surface area contributed by atoms with E-state index in [0.29, 0.717) is 10.6 Å². The minimum Gasteiger partial charge on any atom is -0.322 e. The number of rotatable bonds is 2. The topological polar surface area (TPSA) is 29.1 Å². The van der Waals surface area contributed by atoms with Crippen molar-refractivity contribution in [2.45, 2.75) is 0 Å². The lowest BCUT2D eigenvalue weighted by atomic mass is 10.2. The van der Waals surface area contributed by atoms with Crippen LogP contribution < -0.4 is 5.32 Å². The second kappa shape index (κ2) is 5.56. The molecule has 1 amide bonds. The van der Waals surface area contributed by atoms with Gasteiger partial charge in [0.2, 0.25) is 0 Å². The summed E-state index contributed by atoms with van der Waals surface area (Å²) in [7, 11) is 0. The largest absolute Gasteiger partial charge is 0.322 e. The Morgan fingerprint density at radius 1 is 1.15 bits per heavy atom. The van der Waals surface area contributed by atoms with E-state index in [0.717, 1.165) is 15.5 Å². The summed E-state index contributed by atoms with van der Waals surface area (Å²) in [4.78, 5) is 12.2. The molecule has 0 radical (unpaired) electrons. The Hall–Kier alpha value is -1.36. The maximum absolute atomic E-state index is 12.2. The molecule has 100 valence electrons. The van der Waals surface area contributed by atoms with E-state index in [2.05, 4.69) is 21.2 Å². The molecule has 2 nitrogen and oxygen atoms in total. The summed E-state index contributed by atoms with van der Waals surface area (Å²) < 4.78 is 1.98. The van der Waals surface area contributed by atoms with Crippen molar-refractivity contribution in [1.29, 1.82) is 0 Å². The smallest absolute Gasteiger partial charge is 0.255 e. The summed E-state index contributed by atoms with van der Waals surface area (Å²) in [5.41, 5.74) is 1.31. The fourth-order valence-corrected chi connectivity index (χ4v) is 3.08. The van der Waals surface area contributed by atoms with Crippen LogP contribution in [0.5, 0.6) is 0 Å². The molecular formula is C15H9BrClNOS. The van der Waals surface area contributed by atoms with Gasteiger partial charge in [-0.25, -0.2) is 0 Å². The third-order valence-corrected chi connectivity index (χ3v) is 5.02. The summed E-state index contributed by atoms with van der Waals surface area (Å²) in [6.07, 6.45) is 0. The molecule has 3 aromatic rings. The zero-order valence-electron chi connectivity index (χ0n) is 10.2. The fourth-order valence-electron chi connectivity index (χ4n) is 1.89. The standard InChI is InChI=1S/C15H9BrClNOS/c16-12-3-1-10(8-13(12)17)15(19)18-11-2-4-14-9(7-11)5-6-20-14/h1-8H,(H,18,19). The summed E-state index contributed by atoms with van der Waals surface area (Å²) >= 11 is 11.0. The van der Waals surface area contributed by atoms with Crippen LogP contribution in [0.25, 0.3) is 10.1 Å². The van der Waals surface area contributed by atoms with E-state index in [1.165, 1.54) is 4.70 Å². The number of halogens is 2. The second-order valence-electron chi connectivity index (χ2n) is 4.26. The predicted molar refractivity (Wildman–Crippen MR) is 88.9 cm³/mol. The first-order chi connectivity index (χ1) is 9.63. The fraction of sp³-hybridized carbons (Fsp3) is 0. The van der Waals surface area contributed by atoms with E-state index in [1.54, 1.807) is 29.5 Å². The van der Waals surface area contributed by atoms with Crippen molar-refractivity contribution in [3.8, 4) is 0 Å². The molecule has 20 heavy (non-hydrogen) atoms. The normalized spacial score (nSPS) is 10.7. The van der Waals surface area contributed by atoms with E-state index < -0.39 is 0 Å². The first-order valence-electron chi connectivity index (χ1n) is 5.87. The van der Waals surface area contributed by atoms with E-state index in [1.807, 2.05) is 29.6 Å². The highest BCUT2D eigenvalue weighted by molar-refractivity contribution is 9.10. The van der Waals surface area contributed by atoms with Crippen LogP contribution in [0.15, 0.2) is 52.3 Å². The molecule has 0 unspecified atom stereocenters. The van der Waals surface area contributed by atoms with Gasteiger partial charge in [-0.15, -0.1) is 11.3 Å². The Kier molecular flexibility index (Phi) is 3.78. The average molecular weight is 367 g/mol. The molecule has 0 aliphatic carbocycles. The molecule has 1 aromatic heterocycles. The number of carbonyl (C=O) groups excluding carboxylic acids is 1. The Morgan fingerprint density at radius 2 is 2.00 bits per heavy atom.